The number of nitrogens with zero attached hydrogens (tertiary/aromatic N) is 2. The number of rotatable bonds is 7. The van der Waals surface area contributed by atoms with E-state index < -0.39 is 0 Å². The Hall–Kier alpha value is -2.34. The van der Waals surface area contributed by atoms with Crippen LogP contribution in [0.15, 0.2) is 42.7 Å². The van der Waals surface area contributed by atoms with Crippen molar-refractivity contribution in [3.05, 3.63) is 48.3 Å². The number of urea groups is 1. The molecule has 6 nitrogen and oxygen atoms in total. The summed E-state index contributed by atoms with van der Waals surface area (Å²) in [5.41, 5.74) is 1.99. The summed E-state index contributed by atoms with van der Waals surface area (Å²) in [5.74, 6) is 0. The number of carbonyl (C=O) groups is 1. The molecule has 128 valence electrons. The molecule has 0 radical (unpaired) electrons. The van der Waals surface area contributed by atoms with Crippen molar-refractivity contribution in [3.8, 4) is 0 Å². The molecule has 1 fully saturated rings. The zero-order valence-electron chi connectivity index (χ0n) is 13.8. The number of hydrogen-bond donors (Lipinski definition) is 2. The zero-order chi connectivity index (χ0) is 16.6. The molecule has 24 heavy (non-hydrogen) atoms. The third-order valence-corrected chi connectivity index (χ3v) is 4.08. The van der Waals surface area contributed by atoms with E-state index in [1.54, 1.807) is 6.20 Å². The second kappa shape index (κ2) is 8.49. The Morgan fingerprint density at radius 2 is 2.21 bits per heavy atom. The van der Waals surface area contributed by atoms with Gasteiger partial charge >= 0.3 is 6.03 Å². The topological polar surface area (TPSA) is 68.2 Å². The van der Waals surface area contributed by atoms with Crippen LogP contribution in [0.1, 0.15) is 24.8 Å². The van der Waals surface area contributed by atoms with E-state index in [1.165, 1.54) is 5.56 Å². The van der Waals surface area contributed by atoms with E-state index in [-0.39, 0.29) is 12.1 Å². The summed E-state index contributed by atoms with van der Waals surface area (Å²) >= 11 is 0. The van der Waals surface area contributed by atoms with Crippen LogP contribution in [0.3, 0.4) is 0 Å². The van der Waals surface area contributed by atoms with Crippen LogP contribution in [-0.4, -0.2) is 35.1 Å². The highest BCUT2D eigenvalue weighted by Gasteiger charge is 2.16. The monoisotopic (exact) mass is 328 g/mol. The Labute approximate surface area is 142 Å². The number of aromatic nitrogens is 2. The lowest BCUT2D eigenvalue weighted by molar-refractivity contribution is 0.0940. The van der Waals surface area contributed by atoms with Crippen LogP contribution in [0.4, 0.5) is 10.5 Å². The van der Waals surface area contributed by atoms with Crippen molar-refractivity contribution in [2.45, 2.75) is 38.3 Å². The molecule has 1 aliphatic rings. The summed E-state index contributed by atoms with van der Waals surface area (Å²) < 4.78 is 7.41. The van der Waals surface area contributed by atoms with Gasteiger partial charge in [-0.2, -0.15) is 5.10 Å². The average Bonchev–Trinajstić information content (AvgIpc) is 3.25. The van der Waals surface area contributed by atoms with Crippen molar-refractivity contribution in [2.24, 2.45) is 0 Å². The van der Waals surface area contributed by atoms with Crippen LogP contribution in [0.5, 0.6) is 0 Å². The van der Waals surface area contributed by atoms with Gasteiger partial charge in [-0.15, -0.1) is 0 Å². The summed E-state index contributed by atoms with van der Waals surface area (Å²) in [7, 11) is 0. The van der Waals surface area contributed by atoms with Crippen LogP contribution < -0.4 is 10.6 Å². The lowest BCUT2D eigenvalue weighted by atomic mass is 10.1. The van der Waals surface area contributed by atoms with E-state index in [4.69, 9.17) is 4.74 Å². The molecule has 2 N–H and O–H groups in total. The number of aryl methyl sites for hydroxylation is 1. The molecule has 0 saturated carbocycles. The number of anilines is 1. The van der Waals surface area contributed by atoms with Crippen LogP contribution >= 0.6 is 0 Å². The van der Waals surface area contributed by atoms with Gasteiger partial charge in [0.2, 0.25) is 0 Å². The smallest absolute Gasteiger partial charge is 0.319 e. The molecule has 2 amide bonds. The minimum atomic E-state index is -0.195. The SMILES string of the molecule is O=C(NCCCc1ccccc1)Nc1cnn(CC2CCCO2)c1. The van der Waals surface area contributed by atoms with Crippen molar-refractivity contribution >= 4 is 11.7 Å². The van der Waals surface area contributed by atoms with Gasteiger partial charge in [-0.3, -0.25) is 4.68 Å². The largest absolute Gasteiger partial charge is 0.376 e. The van der Waals surface area contributed by atoms with Gasteiger partial charge in [-0.05, 0) is 31.2 Å². The Kier molecular flexibility index (Phi) is 5.85. The van der Waals surface area contributed by atoms with Crippen molar-refractivity contribution in [2.75, 3.05) is 18.5 Å². The Morgan fingerprint density at radius 1 is 1.33 bits per heavy atom. The second-order valence-electron chi connectivity index (χ2n) is 6.06. The van der Waals surface area contributed by atoms with E-state index >= 15 is 0 Å². The molecule has 2 aromatic rings. The third-order valence-electron chi connectivity index (χ3n) is 4.08. The van der Waals surface area contributed by atoms with Gasteiger partial charge < -0.3 is 15.4 Å². The van der Waals surface area contributed by atoms with Gasteiger partial charge in [0.05, 0.1) is 24.5 Å². The predicted molar refractivity (Wildman–Crippen MR) is 93.0 cm³/mol. The maximum Gasteiger partial charge on any atom is 0.319 e. The average molecular weight is 328 g/mol. The molecule has 1 unspecified atom stereocenters. The summed E-state index contributed by atoms with van der Waals surface area (Å²) in [6, 6.07) is 10.1. The number of carbonyl (C=O) groups excluding carboxylic acids is 1. The predicted octanol–water partition coefficient (Wildman–Crippen LogP) is 2.82. The fourth-order valence-corrected chi connectivity index (χ4v) is 2.84. The fourth-order valence-electron chi connectivity index (χ4n) is 2.84. The van der Waals surface area contributed by atoms with Gasteiger partial charge in [-0.1, -0.05) is 30.3 Å². The summed E-state index contributed by atoms with van der Waals surface area (Å²) in [6.07, 6.45) is 7.80. The van der Waals surface area contributed by atoms with Crippen LogP contribution in [-0.2, 0) is 17.7 Å². The van der Waals surface area contributed by atoms with Gasteiger partial charge in [0.15, 0.2) is 0 Å². The van der Waals surface area contributed by atoms with E-state index in [2.05, 4.69) is 27.9 Å². The van der Waals surface area contributed by atoms with Gasteiger partial charge in [-0.25, -0.2) is 4.79 Å². The molecule has 1 saturated heterocycles. The molecule has 2 heterocycles. The van der Waals surface area contributed by atoms with Crippen molar-refractivity contribution in [1.29, 1.82) is 0 Å². The van der Waals surface area contributed by atoms with Crippen LogP contribution in [0, 0.1) is 0 Å². The summed E-state index contributed by atoms with van der Waals surface area (Å²) in [6.45, 7) is 2.22. The number of benzene rings is 1. The number of amides is 2. The number of hydrogen-bond acceptors (Lipinski definition) is 3. The van der Waals surface area contributed by atoms with Gasteiger partial charge in [0.1, 0.15) is 0 Å². The summed E-state index contributed by atoms with van der Waals surface area (Å²) in [4.78, 5) is 11.9. The molecule has 1 aromatic heterocycles. The fraction of sp³-hybridized carbons (Fsp3) is 0.444. The van der Waals surface area contributed by atoms with Gasteiger partial charge in [0.25, 0.3) is 0 Å². The second-order valence-corrected chi connectivity index (χ2v) is 6.06. The van der Waals surface area contributed by atoms with E-state index in [9.17, 15) is 4.79 Å². The van der Waals surface area contributed by atoms with Crippen molar-refractivity contribution in [1.82, 2.24) is 15.1 Å². The minimum Gasteiger partial charge on any atom is -0.376 e. The number of nitrogens with one attached hydrogen (secondary N) is 2. The molecule has 6 heteroatoms. The highest BCUT2D eigenvalue weighted by Crippen LogP contribution is 2.14. The molecule has 3 rings (SSSR count). The van der Waals surface area contributed by atoms with Gasteiger partial charge in [0, 0.05) is 19.3 Å². The minimum absolute atomic E-state index is 0.195. The Morgan fingerprint density at radius 3 is 3.00 bits per heavy atom. The Bertz CT molecular complexity index is 635. The Balaban J connectivity index is 1.35. The molecule has 0 bridgehead atoms. The maximum absolute atomic E-state index is 11.9. The van der Waals surface area contributed by atoms with E-state index in [1.807, 2.05) is 29.1 Å². The molecule has 1 atom stereocenters. The molecular weight excluding hydrogens is 304 g/mol. The highest BCUT2D eigenvalue weighted by molar-refractivity contribution is 5.88. The number of ether oxygens (including phenoxy) is 1. The molecular formula is C18H24N4O2. The molecule has 0 aliphatic carbocycles. The normalized spacial score (nSPS) is 16.9. The molecule has 1 aliphatic heterocycles. The first-order chi connectivity index (χ1) is 11.8. The van der Waals surface area contributed by atoms with Crippen LogP contribution in [0.2, 0.25) is 0 Å². The van der Waals surface area contributed by atoms with E-state index in [0.29, 0.717) is 12.2 Å². The quantitative estimate of drug-likeness (QED) is 0.768. The van der Waals surface area contributed by atoms with E-state index in [0.717, 1.165) is 38.8 Å². The maximum atomic E-state index is 11.9. The lowest BCUT2D eigenvalue weighted by Gasteiger charge is -2.08. The zero-order valence-corrected chi connectivity index (χ0v) is 13.8. The lowest BCUT2D eigenvalue weighted by Crippen LogP contribution is -2.29. The first-order valence-corrected chi connectivity index (χ1v) is 8.52. The first kappa shape index (κ1) is 16.5. The highest BCUT2D eigenvalue weighted by atomic mass is 16.5. The van der Waals surface area contributed by atoms with Crippen LogP contribution in [0.25, 0.3) is 0 Å². The third kappa shape index (κ3) is 5.09. The first-order valence-electron chi connectivity index (χ1n) is 8.52. The van der Waals surface area contributed by atoms with Crippen molar-refractivity contribution < 1.29 is 9.53 Å². The molecule has 0 spiro atoms. The summed E-state index contributed by atoms with van der Waals surface area (Å²) in [5, 5.41) is 9.95. The molecule has 1 aromatic carbocycles. The van der Waals surface area contributed by atoms with Crippen molar-refractivity contribution in [3.63, 3.8) is 0 Å². The standard InChI is InChI=1S/C18H24N4O2/c23-18(19-10-4-8-15-6-2-1-3-7-15)21-16-12-20-22(13-16)14-17-9-5-11-24-17/h1-3,6-7,12-13,17H,4-5,8-11,14H2,(H2,19,21,23).